The number of anilines is 1. The molecule has 0 saturated carbocycles. The minimum atomic E-state index is 0.00239. The summed E-state index contributed by atoms with van der Waals surface area (Å²) in [5, 5.41) is 6.70. The van der Waals surface area contributed by atoms with E-state index < -0.39 is 0 Å². The number of aryl methyl sites for hydroxylation is 1. The van der Waals surface area contributed by atoms with Crippen LogP contribution in [0.15, 0.2) is 42.6 Å². The molecule has 0 radical (unpaired) electrons. The van der Waals surface area contributed by atoms with E-state index in [1.807, 2.05) is 4.90 Å². The number of benzene rings is 1. The lowest BCUT2D eigenvalue weighted by molar-refractivity contribution is 0.0698. The monoisotopic (exact) mass is 416 g/mol. The number of aromatic amines is 1. The third kappa shape index (κ3) is 4.04. The highest BCUT2D eigenvalue weighted by Gasteiger charge is 2.30. The second-order valence-electron chi connectivity index (χ2n) is 8.54. The minimum Gasteiger partial charge on any atom is -0.352 e. The molecule has 0 spiro atoms. The number of likely N-dealkylation sites (tertiary alicyclic amines) is 1. The normalized spacial score (nSPS) is 18.7. The van der Waals surface area contributed by atoms with Crippen LogP contribution in [0.5, 0.6) is 0 Å². The molecule has 2 aliphatic rings. The van der Waals surface area contributed by atoms with Gasteiger partial charge in [0.05, 0.1) is 0 Å². The van der Waals surface area contributed by atoms with E-state index in [0.29, 0.717) is 12.2 Å². The smallest absolute Gasteiger partial charge is 0.271 e. The van der Waals surface area contributed by atoms with Crippen LogP contribution in [0.25, 0.3) is 0 Å². The van der Waals surface area contributed by atoms with Gasteiger partial charge in [-0.1, -0.05) is 30.3 Å². The molecule has 1 amide bonds. The average molecular weight is 417 g/mol. The van der Waals surface area contributed by atoms with Crippen LogP contribution in [-0.2, 0) is 13.0 Å². The summed E-state index contributed by atoms with van der Waals surface area (Å²) in [4.78, 5) is 27.1. The number of nitrogens with one attached hydrogen (secondary N) is 1. The van der Waals surface area contributed by atoms with Crippen LogP contribution < -0.4 is 4.90 Å². The molecule has 1 fully saturated rings. The maximum absolute atomic E-state index is 12.8. The molecule has 31 heavy (non-hydrogen) atoms. The molecule has 1 aromatic carbocycles. The largest absolute Gasteiger partial charge is 0.352 e. The van der Waals surface area contributed by atoms with Crippen LogP contribution in [0.4, 0.5) is 5.82 Å². The Bertz CT molecular complexity index is 1050. The molecule has 5 rings (SSSR count). The van der Waals surface area contributed by atoms with Gasteiger partial charge in [-0.25, -0.2) is 9.97 Å². The van der Waals surface area contributed by atoms with Crippen molar-refractivity contribution in [3.63, 3.8) is 0 Å². The van der Waals surface area contributed by atoms with Gasteiger partial charge in [-0.3, -0.25) is 9.89 Å². The number of hydrogen-bond acceptors (Lipinski definition) is 5. The van der Waals surface area contributed by atoms with Gasteiger partial charge in [-0.15, -0.1) is 0 Å². The van der Waals surface area contributed by atoms with Crippen LogP contribution in [0.2, 0.25) is 0 Å². The Balaban J connectivity index is 1.40. The summed E-state index contributed by atoms with van der Waals surface area (Å²) < 4.78 is 0. The zero-order valence-corrected chi connectivity index (χ0v) is 17.9. The average Bonchev–Trinajstić information content (AvgIpc) is 3.35. The lowest BCUT2D eigenvalue weighted by Gasteiger charge is -2.34. The highest BCUT2D eigenvalue weighted by molar-refractivity contribution is 5.92. The number of amides is 1. The maximum atomic E-state index is 12.8. The number of piperidine rings is 1. The zero-order chi connectivity index (χ0) is 21.2. The van der Waals surface area contributed by atoms with E-state index in [1.54, 1.807) is 12.3 Å². The number of carbonyl (C=O) groups is 1. The van der Waals surface area contributed by atoms with E-state index in [0.717, 1.165) is 62.7 Å². The summed E-state index contributed by atoms with van der Waals surface area (Å²) in [7, 11) is 0. The highest BCUT2D eigenvalue weighted by atomic mass is 16.2. The van der Waals surface area contributed by atoms with Crippen molar-refractivity contribution in [3.8, 4) is 0 Å². The summed E-state index contributed by atoms with van der Waals surface area (Å²) in [5.41, 5.74) is 4.18. The van der Waals surface area contributed by atoms with Gasteiger partial charge in [0.2, 0.25) is 0 Å². The Labute approximate surface area is 182 Å². The molecule has 0 unspecified atom stereocenters. The van der Waals surface area contributed by atoms with Crippen molar-refractivity contribution in [2.75, 3.05) is 24.5 Å². The molecule has 3 aromatic rings. The summed E-state index contributed by atoms with van der Waals surface area (Å²) in [6.45, 7) is 5.38. The second-order valence-corrected chi connectivity index (χ2v) is 8.54. The maximum Gasteiger partial charge on any atom is 0.271 e. The van der Waals surface area contributed by atoms with Gasteiger partial charge >= 0.3 is 0 Å². The van der Waals surface area contributed by atoms with Crippen molar-refractivity contribution < 1.29 is 4.79 Å². The van der Waals surface area contributed by atoms with Gasteiger partial charge in [0.25, 0.3) is 5.91 Å². The molecule has 2 aliphatic heterocycles. The number of rotatable bonds is 4. The lowest BCUT2D eigenvalue weighted by Crippen LogP contribution is -2.40. The Morgan fingerprint density at radius 2 is 2.00 bits per heavy atom. The molecule has 160 valence electrons. The summed E-state index contributed by atoms with van der Waals surface area (Å²) in [6, 6.07) is 12.3. The van der Waals surface area contributed by atoms with Gasteiger partial charge in [0.1, 0.15) is 17.3 Å². The van der Waals surface area contributed by atoms with E-state index in [9.17, 15) is 4.79 Å². The van der Waals surface area contributed by atoms with Crippen LogP contribution in [0, 0.1) is 6.92 Å². The lowest BCUT2D eigenvalue weighted by atomic mass is 9.95. The van der Waals surface area contributed by atoms with Gasteiger partial charge in [-0.2, -0.15) is 5.10 Å². The number of nitrogens with zero attached hydrogens (tertiary/aromatic N) is 5. The van der Waals surface area contributed by atoms with E-state index in [1.165, 1.54) is 11.1 Å². The SMILES string of the molecule is Cc1nc([C@@H]2CCCN(C(=O)c3ccn[nH]3)C2)nc2c1CCCN2Cc1ccccc1. The molecular formula is C24H28N6O. The molecule has 4 heterocycles. The van der Waals surface area contributed by atoms with Gasteiger partial charge < -0.3 is 9.80 Å². The first-order valence-corrected chi connectivity index (χ1v) is 11.1. The fraction of sp³-hybridized carbons (Fsp3) is 0.417. The Kier molecular flexibility index (Phi) is 5.40. The molecule has 1 saturated heterocycles. The van der Waals surface area contributed by atoms with Crippen molar-refractivity contribution in [3.05, 3.63) is 70.9 Å². The fourth-order valence-electron chi connectivity index (χ4n) is 4.77. The highest BCUT2D eigenvalue weighted by Crippen LogP contribution is 2.32. The number of hydrogen-bond donors (Lipinski definition) is 1. The van der Waals surface area contributed by atoms with Crippen molar-refractivity contribution >= 4 is 11.7 Å². The number of aromatic nitrogens is 4. The van der Waals surface area contributed by atoms with E-state index in [2.05, 4.69) is 52.4 Å². The predicted octanol–water partition coefficient (Wildman–Crippen LogP) is 3.48. The van der Waals surface area contributed by atoms with Gasteiger partial charge in [0, 0.05) is 49.6 Å². The fourth-order valence-corrected chi connectivity index (χ4v) is 4.77. The Morgan fingerprint density at radius 3 is 2.81 bits per heavy atom. The summed E-state index contributed by atoms with van der Waals surface area (Å²) in [5.74, 6) is 2.11. The second kappa shape index (κ2) is 8.49. The molecule has 1 N–H and O–H groups in total. The first-order chi connectivity index (χ1) is 15.2. The predicted molar refractivity (Wildman–Crippen MR) is 119 cm³/mol. The van der Waals surface area contributed by atoms with Gasteiger partial charge in [-0.05, 0) is 44.2 Å². The molecule has 2 aromatic heterocycles. The van der Waals surface area contributed by atoms with Crippen LogP contribution in [0.3, 0.4) is 0 Å². The molecule has 1 atom stereocenters. The summed E-state index contributed by atoms with van der Waals surface area (Å²) in [6.07, 6.45) is 5.73. The van der Waals surface area contributed by atoms with Crippen molar-refractivity contribution in [2.24, 2.45) is 0 Å². The minimum absolute atomic E-state index is 0.00239. The number of H-pyrrole nitrogens is 1. The van der Waals surface area contributed by atoms with E-state index in [4.69, 9.17) is 9.97 Å². The van der Waals surface area contributed by atoms with Crippen LogP contribution >= 0.6 is 0 Å². The van der Waals surface area contributed by atoms with Crippen molar-refractivity contribution in [2.45, 2.75) is 45.1 Å². The third-order valence-corrected chi connectivity index (χ3v) is 6.38. The molecule has 0 bridgehead atoms. The van der Waals surface area contributed by atoms with Gasteiger partial charge in [0.15, 0.2) is 0 Å². The molecule has 7 heteroatoms. The Hall–Kier alpha value is -3.22. The number of fused-ring (bicyclic) bond motifs is 1. The molecule has 7 nitrogen and oxygen atoms in total. The topological polar surface area (TPSA) is 78.0 Å². The van der Waals surface area contributed by atoms with E-state index in [-0.39, 0.29) is 11.8 Å². The molecular weight excluding hydrogens is 388 g/mol. The third-order valence-electron chi connectivity index (χ3n) is 6.38. The van der Waals surface area contributed by atoms with Crippen LogP contribution in [0.1, 0.15) is 58.3 Å². The Morgan fingerprint density at radius 1 is 1.13 bits per heavy atom. The van der Waals surface area contributed by atoms with E-state index >= 15 is 0 Å². The molecule has 0 aliphatic carbocycles. The first kappa shape index (κ1) is 19.7. The summed E-state index contributed by atoms with van der Waals surface area (Å²) >= 11 is 0. The van der Waals surface area contributed by atoms with Crippen molar-refractivity contribution in [1.82, 2.24) is 25.1 Å². The standard InChI is InChI=1S/C24H28N6O/c1-17-20-10-6-13-29(15-18-7-3-2-4-8-18)23(20)27-22(26-17)19-9-5-14-30(16-19)24(31)21-11-12-25-28-21/h2-4,7-8,11-12,19H,5-6,9-10,13-16H2,1H3,(H,25,28)/t19-/m1/s1. The van der Waals surface area contributed by atoms with Crippen molar-refractivity contribution in [1.29, 1.82) is 0 Å². The van der Waals surface area contributed by atoms with Crippen LogP contribution in [-0.4, -0.2) is 50.6 Å². The zero-order valence-electron chi connectivity index (χ0n) is 17.9. The quantitative estimate of drug-likeness (QED) is 0.705. The first-order valence-electron chi connectivity index (χ1n) is 11.1. The number of carbonyl (C=O) groups excluding carboxylic acids is 1.